The van der Waals surface area contributed by atoms with E-state index in [0.29, 0.717) is 17.1 Å². The number of nitrogens with one attached hydrogen (secondary N) is 1. The summed E-state index contributed by atoms with van der Waals surface area (Å²) in [7, 11) is 0. The van der Waals surface area contributed by atoms with Crippen LogP contribution in [0.1, 0.15) is 21.5 Å². The van der Waals surface area contributed by atoms with Crippen molar-refractivity contribution in [2.24, 2.45) is 0 Å². The maximum Gasteiger partial charge on any atom is 0.252 e. The van der Waals surface area contributed by atoms with Crippen molar-refractivity contribution in [2.45, 2.75) is 13.5 Å². The molecule has 98 valence electrons. The van der Waals surface area contributed by atoms with Gasteiger partial charge in [-0.1, -0.05) is 41.4 Å². The first-order valence-electron chi connectivity index (χ1n) is 5.85. The normalized spacial score (nSPS) is 10.3. The highest BCUT2D eigenvalue weighted by molar-refractivity contribution is 14.1. The van der Waals surface area contributed by atoms with Crippen molar-refractivity contribution < 1.29 is 4.79 Å². The third kappa shape index (κ3) is 3.94. The Balaban J connectivity index is 2.05. The van der Waals surface area contributed by atoms with E-state index in [9.17, 15) is 4.79 Å². The van der Waals surface area contributed by atoms with Gasteiger partial charge in [-0.2, -0.15) is 0 Å². The van der Waals surface area contributed by atoms with Crippen LogP contribution in [0, 0.1) is 10.5 Å². The molecule has 0 bridgehead atoms. The lowest BCUT2D eigenvalue weighted by molar-refractivity contribution is 0.0950. The van der Waals surface area contributed by atoms with Gasteiger partial charge in [0.2, 0.25) is 0 Å². The quantitative estimate of drug-likeness (QED) is 0.789. The van der Waals surface area contributed by atoms with E-state index in [4.69, 9.17) is 11.6 Å². The van der Waals surface area contributed by atoms with E-state index in [2.05, 4.69) is 34.0 Å². The maximum atomic E-state index is 12.1. The van der Waals surface area contributed by atoms with E-state index in [0.717, 1.165) is 9.13 Å². The Labute approximate surface area is 131 Å². The van der Waals surface area contributed by atoms with E-state index in [1.165, 1.54) is 5.56 Å². The number of aryl methyl sites for hydroxylation is 1. The second-order valence-electron chi connectivity index (χ2n) is 4.30. The van der Waals surface area contributed by atoms with Crippen molar-refractivity contribution in [1.82, 2.24) is 5.32 Å². The minimum atomic E-state index is -0.0810. The zero-order valence-electron chi connectivity index (χ0n) is 10.4. The molecule has 0 aromatic heterocycles. The fourth-order valence-electron chi connectivity index (χ4n) is 1.77. The fraction of sp³-hybridized carbons (Fsp3) is 0.133. The number of halogens is 2. The zero-order chi connectivity index (χ0) is 13.8. The molecular weight excluding hydrogens is 373 g/mol. The molecule has 0 spiro atoms. The van der Waals surface area contributed by atoms with E-state index in [-0.39, 0.29) is 5.91 Å². The monoisotopic (exact) mass is 385 g/mol. The molecule has 0 aliphatic rings. The first-order chi connectivity index (χ1) is 9.06. The number of carbonyl (C=O) groups is 1. The van der Waals surface area contributed by atoms with Gasteiger partial charge in [0.1, 0.15) is 0 Å². The highest BCUT2D eigenvalue weighted by Crippen LogP contribution is 2.18. The van der Waals surface area contributed by atoms with Gasteiger partial charge in [0, 0.05) is 15.1 Å². The fourth-order valence-corrected chi connectivity index (χ4v) is 2.89. The summed E-state index contributed by atoms with van der Waals surface area (Å²) >= 11 is 7.99. The van der Waals surface area contributed by atoms with Gasteiger partial charge in [0.15, 0.2) is 0 Å². The summed E-state index contributed by atoms with van der Waals surface area (Å²) in [5, 5.41) is 3.55. The Kier molecular flexibility index (Phi) is 4.82. The highest BCUT2D eigenvalue weighted by Gasteiger charge is 2.09. The molecule has 2 rings (SSSR count). The van der Waals surface area contributed by atoms with Crippen molar-refractivity contribution in [1.29, 1.82) is 0 Å². The Morgan fingerprint density at radius 1 is 1.26 bits per heavy atom. The predicted octanol–water partition coefficient (Wildman–Crippen LogP) is 4.18. The van der Waals surface area contributed by atoms with Crippen LogP contribution in [0.5, 0.6) is 0 Å². The van der Waals surface area contributed by atoms with Gasteiger partial charge in [-0.3, -0.25) is 4.79 Å². The molecule has 2 aromatic carbocycles. The van der Waals surface area contributed by atoms with Crippen LogP contribution in [0.25, 0.3) is 0 Å². The van der Waals surface area contributed by atoms with Crippen LogP contribution in [0.3, 0.4) is 0 Å². The minimum absolute atomic E-state index is 0.0810. The molecule has 0 atom stereocenters. The first kappa shape index (κ1) is 14.3. The van der Waals surface area contributed by atoms with E-state index < -0.39 is 0 Å². The smallest absolute Gasteiger partial charge is 0.252 e. The van der Waals surface area contributed by atoms with Crippen LogP contribution in [0.15, 0.2) is 42.5 Å². The lowest BCUT2D eigenvalue weighted by atomic mass is 10.1. The molecule has 0 radical (unpaired) electrons. The molecule has 2 nitrogen and oxygen atoms in total. The third-order valence-electron chi connectivity index (χ3n) is 2.71. The van der Waals surface area contributed by atoms with Crippen molar-refractivity contribution in [2.75, 3.05) is 0 Å². The SMILES string of the molecule is Cc1cccc(CNC(=O)c2ccc(Cl)cc2I)c1. The molecule has 0 aliphatic heterocycles. The molecule has 19 heavy (non-hydrogen) atoms. The summed E-state index contributed by atoms with van der Waals surface area (Å²) in [4.78, 5) is 12.1. The summed E-state index contributed by atoms with van der Waals surface area (Å²) in [5.41, 5.74) is 2.93. The Bertz CT molecular complexity index is 613. The van der Waals surface area contributed by atoms with Crippen molar-refractivity contribution in [3.05, 3.63) is 67.7 Å². The summed E-state index contributed by atoms with van der Waals surface area (Å²) < 4.78 is 0.854. The summed E-state index contributed by atoms with van der Waals surface area (Å²) in [5.74, 6) is -0.0810. The van der Waals surface area contributed by atoms with Crippen molar-refractivity contribution in [3.8, 4) is 0 Å². The average molecular weight is 386 g/mol. The van der Waals surface area contributed by atoms with Gasteiger partial charge in [-0.25, -0.2) is 0 Å². The summed E-state index contributed by atoms with van der Waals surface area (Å²) in [6, 6.07) is 13.3. The number of amides is 1. The van der Waals surface area contributed by atoms with E-state index in [1.54, 1.807) is 18.2 Å². The predicted molar refractivity (Wildman–Crippen MR) is 86.5 cm³/mol. The Morgan fingerprint density at radius 3 is 2.74 bits per heavy atom. The van der Waals surface area contributed by atoms with Gasteiger partial charge in [0.25, 0.3) is 5.91 Å². The molecule has 0 aliphatic carbocycles. The average Bonchev–Trinajstić information content (AvgIpc) is 2.36. The molecule has 0 saturated carbocycles. The molecule has 1 N–H and O–H groups in total. The van der Waals surface area contributed by atoms with E-state index >= 15 is 0 Å². The summed E-state index contributed by atoms with van der Waals surface area (Å²) in [6.07, 6.45) is 0. The molecule has 0 unspecified atom stereocenters. The van der Waals surface area contributed by atoms with Gasteiger partial charge < -0.3 is 5.32 Å². The number of rotatable bonds is 3. The summed E-state index contributed by atoms with van der Waals surface area (Å²) in [6.45, 7) is 2.56. The Hall–Kier alpha value is -1.07. The molecule has 4 heteroatoms. The third-order valence-corrected chi connectivity index (χ3v) is 3.84. The molecule has 0 fully saturated rings. The largest absolute Gasteiger partial charge is 0.348 e. The lowest BCUT2D eigenvalue weighted by Gasteiger charge is -2.08. The zero-order valence-corrected chi connectivity index (χ0v) is 13.3. The maximum absolute atomic E-state index is 12.1. The highest BCUT2D eigenvalue weighted by atomic mass is 127. The minimum Gasteiger partial charge on any atom is -0.348 e. The van der Waals surface area contributed by atoms with Crippen LogP contribution < -0.4 is 5.32 Å². The molecular formula is C15H13ClINO. The van der Waals surface area contributed by atoms with Crippen LogP contribution >= 0.6 is 34.2 Å². The second-order valence-corrected chi connectivity index (χ2v) is 5.89. The molecule has 0 heterocycles. The molecule has 1 amide bonds. The van der Waals surface area contributed by atoms with Crippen LogP contribution in [0.2, 0.25) is 5.02 Å². The van der Waals surface area contributed by atoms with Gasteiger partial charge in [0.05, 0.1) is 5.56 Å². The number of benzene rings is 2. The standard InChI is InChI=1S/C15H13ClINO/c1-10-3-2-4-11(7-10)9-18-15(19)13-6-5-12(16)8-14(13)17/h2-8H,9H2,1H3,(H,18,19). The topological polar surface area (TPSA) is 29.1 Å². The number of hydrogen-bond donors (Lipinski definition) is 1. The number of hydrogen-bond acceptors (Lipinski definition) is 1. The van der Waals surface area contributed by atoms with Gasteiger partial charge in [-0.15, -0.1) is 0 Å². The van der Waals surface area contributed by atoms with Crippen molar-refractivity contribution in [3.63, 3.8) is 0 Å². The van der Waals surface area contributed by atoms with Crippen molar-refractivity contribution >= 4 is 40.1 Å². The van der Waals surface area contributed by atoms with Crippen LogP contribution in [-0.2, 0) is 6.54 Å². The van der Waals surface area contributed by atoms with Crippen LogP contribution in [-0.4, -0.2) is 5.91 Å². The number of carbonyl (C=O) groups excluding carboxylic acids is 1. The Morgan fingerprint density at radius 2 is 2.05 bits per heavy atom. The van der Waals surface area contributed by atoms with Crippen LogP contribution in [0.4, 0.5) is 0 Å². The van der Waals surface area contributed by atoms with Gasteiger partial charge in [-0.05, 0) is 53.3 Å². The van der Waals surface area contributed by atoms with Gasteiger partial charge >= 0.3 is 0 Å². The molecule has 0 saturated heterocycles. The lowest BCUT2D eigenvalue weighted by Crippen LogP contribution is -2.23. The molecule has 2 aromatic rings. The second kappa shape index (κ2) is 6.39. The first-order valence-corrected chi connectivity index (χ1v) is 7.31. The van der Waals surface area contributed by atoms with E-state index in [1.807, 2.05) is 25.1 Å².